The number of benzene rings is 1. The Balaban J connectivity index is 0.000000423. The molecular weight excluding hydrogens is 256 g/mol. The van der Waals surface area contributed by atoms with E-state index in [0.717, 1.165) is 30.4 Å². The van der Waals surface area contributed by atoms with Gasteiger partial charge in [0.05, 0.1) is 0 Å². The minimum absolute atomic E-state index is 0.313. The van der Waals surface area contributed by atoms with Gasteiger partial charge in [0, 0.05) is 12.8 Å². The average Bonchev–Trinajstić information content (AvgIpc) is 2.45. The highest BCUT2D eigenvalue weighted by atomic mass is 16.1. The van der Waals surface area contributed by atoms with E-state index in [4.69, 9.17) is 0 Å². The fourth-order valence-corrected chi connectivity index (χ4v) is 1.82. The van der Waals surface area contributed by atoms with Crippen LogP contribution in [0.5, 0.6) is 0 Å². The molecule has 0 spiro atoms. The van der Waals surface area contributed by atoms with Gasteiger partial charge in [-0.3, -0.25) is 4.79 Å². The van der Waals surface area contributed by atoms with Crippen LogP contribution < -0.4 is 0 Å². The third kappa shape index (κ3) is 11.6. The van der Waals surface area contributed by atoms with Crippen LogP contribution in [0.15, 0.2) is 61.2 Å². The van der Waals surface area contributed by atoms with Crippen LogP contribution in [0, 0.1) is 0 Å². The van der Waals surface area contributed by atoms with Gasteiger partial charge in [-0.25, -0.2) is 0 Å². The summed E-state index contributed by atoms with van der Waals surface area (Å²) >= 11 is 0. The summed E-state index contributed by atoms with van der Waals surface area (Å²) in [5.74, 6) is 0.313. The number of Topliss-reactive ketones (excluding diaryl/α,β-unsaturated/α-hetero) is 1. The van der Waals surface area contributed by atoms with Gasteiger partial charge < -0.3 is 0 Å². The van der Waals surface area contributed by atoms with Gasteiger partial charge in [-0.1, -0.05) is 80.6 Å². The molecule has 1 rings (SSSR count). The Labute approximate surface area is 130 Å². The molecule has 0 bridgehead atoms. The van der Waals surface area contributed by atoms with Gasteiger partial charge in [0.25, 0.3) is 0 Å². The topological polar surface area (TPSA) is 17.1 Å². The average molecular weight is 284 g/mol. The molecule has 0 aliphatic rings. The lowest BCUT2D eigenvalue weighted by Crippen LogP contribution is -1.99. The SMILES string of the molecule is C=C(C)CC(=C)CC(=O)CCCC.C=Cc1ccccc1. The molecule has 1 heteroatoms. The molecule has 0 heterocycles. The molecule has 0 N–H and O–H groups in total. The zero-order valence-electron chi connectivity index (χ0n) is 13.5. The van der Waals surface area contributed by atoms with Crippen LogP contribution in [-0.2, 0) is 4.79 Å². The maximum Gasteiger partial charge on any atom is 0.136 e. The van der Waals surface area contributed by atoms with Crippen molar-refractivity contribution >= 4 is 11.9 Å². The first-order valence-electron chi connectivity index (χ1n) is 7.49. The molecule has 0 amide bonds. The molecule has 0 unspecified atom stereocenters. The second-order valence-corrected chi connectivity index (χ2v) is 5.32. The van der Waals surface area contributed by atoms with Crippen molar-refractivity contribution in [3.8, 4) is 0 Å². The number of carbonyl (C=O) groups is 1. The normalized spacial score (nSPS) is 9.24. The maximum atomic E-state index is 11.3. The van der Waals surface area contributed by atoms with E-state index in [1.54, 1.807) is 0 Å². The standard InChI is InChI=1S/C12H20O.C8H8/c1-5-6-7-12(13)9-11(4)8-10(2)3;1-2-8-6-4-3-5-7-8/h2,4-9H2,1,3H3;2-7H,1H2. The molecule has 0 aliphatic carbocycles. The van der Waals surface area contributed by atoms with Crippen LogP contribution >= 0.6 is 0 Å². The van der Waals surface area contributed by atoms with Crippen molar-refractivity contribution in [2.45, 2.75) is 46.0 Å². The summed E-state index contributed by atoms with van der Waals surface area (Å²) in [6, 6.07) is 10.0. The van der Waals surface area contributed by atoms with Gasteiger partial charge >= 0.3 is 0 Å². The molecule has 0 saturated carbocycles. The van der Waals surface area contributed by atoms with E-state index < -0.39 is 0 Å². The largest absolute Gasteiger partial charge is 0.299 e. The summed E-state index contributed by atoms with van der Waals surface area (Å²) in [5, 5.41) is 0. The number of allylic oxidation sites excluding steroid dienone is 2. The van der Waals surface area contributed by atoms with Gasteiger partial charge in [-0.15, -0.1) is 0 Å². The van der Waals surface area contributed by atoms with Crippen LogP contribution in [-0.4, -0.2) is 5.78 Å². The summed E-state index contributed by atoms with van der Waals surface area (Å²) in [6.07, 6.45) is 5.94. The lowest BCUT2D eigenvalue weighted by Gasteiger charge is -2.03. The minimum Gasteiger partial charge on any atom is -0.299 e. The quantitative estimate of drug-likeness (QED) is 0.536. The molecule has 0 aromatic heterocycles. The fraction of sp³-hybridized carbons (Fsp3) is 0.350. The lowest BCUT2D eigenvalue weighted by atomic mass is 10.0. The molecular formula is C20H28O. The molecule has 1 nitrogen and oxygen atoms in total. The first kappa shape index (κ1) is 19.1. The van der Waals surface area contributed by atoms with Crippen molar-refractivity contribution in [3.05, 3.63) is 66.8 Å². The van der Waals surface area contributed by atoms with Crippen molar-refractivity contribution in [2.24, 2.45) is 0 Å². The number of rotatable bonds is 8. The van der Waals surface area contributed by atoms with Gasteiger partial charge in [-0.2, -0.15) is 0 Å². The van der Waals surface area contributed by atoms with Crippen LogP contribution in [0.2, 0.25) is 0 Å². The highest BCUT2D eigenvalue weighted by Crippen LogP contribution is 2.12. The van der Waals surface area contributed by atoms with Crippen molar-refractivity contribution in [2.75, 3.05) is 0 Å². The smallest absolute Gasteiger partial charge is 0.136 e. The van der Waals surface area contributed by atoms with Gasteiger partial charge in [0.1, 0.15) is 5.78 Å². The summed E-state index contributed by atoms with van der Waals surface area (Å²) in [5.41, 5.74) is 3.24. The monoisotopic (exact) mass is 284 g/mol. The van der Waals surface area contributed by atoms with E-state index in [-0.39, 0.29) is 0 Å². The molecule has 1 aromatic carbocycles. The minimum atomic E-state index is 0.313. The second kappa shape index (κ2) is 11.9. The van der Waals surface area contributed by atoms with E-state index in [1.165, 1.54) is 5.56 Å². The Bertz CT molecular complexity index is 454. The fourth-order valence-electron chi connectivity index (χ4n) is 1.82. The number of hydrogen-bond acceptors (Lipinski definition) is 1. The lowest BCUT2D eigenvalue weighted by molar-refractivity contribution is -0.118. The number of ketones is 1. The Morgan fingerprint density at radius 1 is 1.14 bits per heavy atom. The number of carbonyl (C=O) groups excluding carboxylic acids is 1. The zero-order chi connectivity index (χ0) is 16.1. The van der Waals surface area contributed by atoms with Crippen LogP contribution in [0.4, 0.5) is 0 Å². The molecule has 0 atom stereocenters. The molecule has 1 aromatic rings. The summed E-state index contributed by atoms with van der Waals surface area (Å²) < 4.78 is 0. The summed E-state index contributed by atoms with van der Waals surface area (Å²) in [7, 11) is 0. The third-order valence-corrected chi connectivity index (χ3v) is 2.84. The van der Waals surface area contributed by atoms with Crippen molar-refractivity contribution in [1.29, 1.82) is 0 Å². The number of hydrogen-bond donors (Lipinski definition) is 0. The Hall–Kier alpha value is -1.89. The predicted octanol–water partition coefficient (Wildman–Crippen LogP) is 5.99. The highest BCUT2D eigenvalue weighted by Gasteiger charge is 2.03. The molecule has 0 saturated heterocycles. The van der Waals surface area contributed by atoms with E-state index >= 15 is 0 Å². The molecule has 21 heavy (non-hydrogen) atoms. The Morgan fingerprint density at radius 2 is 1.76 bits per heavy atom. The van der Waals surface area contributed by atoms with E-state index in [1.807, 2.05) is 43.3 Å². The van der Waals surface area contributed by atoms with Gasteiger partial charge in [0.2, 0.25) is 0 Å². The van der Waals surface area contributed by atoms with Crippen LogP contribution in [0.1, 0.15) is 51.5 Å². The summed E-state index contributed by atoms with van der Waals surface area (Å²) in [6.45, 7) is 15.3. The van der Waals surface area contributed by atoms with Crippen molar-refractivity contribution < 1.29 is 4.79 Å². The van der Waals surface area contributed by atoms with Gasteiger partial charge in [-0.05, 0) is 25.3 Å². The molecule has 0 radical (unpaired) electrons. The van der Waals surface area contributed by atoms with Crippen molar-refractivity contribution in [1.82, 2.24) is 0 Å². The third-order valence-electron chi connectivity index (χ3n) is 2.84. The summed E-state index contributed by atoms with van der Waals surface area (Å²) in [4.78, 5) is 11.3. The number of unbranched alkanes of at least 4 members (excludes halogenated alkanes) is 1. The first-order chi connectivity index (χ1) is 9.99. The Morgan fingerprint density at radius 3 is 2.19 bits per heavy atom. The first-order valence-corrected chi connectivity index (χ1v) is 7.49. The maximum absolute atomic E-state index is 11.3. The van der Waals surface area contributed by atoms with Crippen LogP contribution in [0.3, 0.4) is 0 Å². The van der Waals surface area contributed by atoms with Crippen molar-refractivity contribution in [3.63, 3.8) is 0 Å². The molecule has 0 fully saturated rings. The second-order valence-electron chi connectivity index (χ2n) is 5.32. The van der Waals surface area contributed by atoms with Crippen LogP contribution in [0.25, 0.3) is 6.08 Å². The van der Waals surface area contributed by atoms with E-state index in [9.17, 15) is 4.79 Å². The molecule has 0 aliphatic heterocycles. The van der Waals surface area contributed by atoms with Gasteiger partial charge in [0.15, 0.2) is 0 Å². The van der Waals surface area contributed by atoms with E-state index in [2.05, 4.69) is 26.7 Å². The van der Waals surface area contributed by atoms with E-state index in [0.29, 0.717) is 18.6 Å². The molecule has 114 valence electrons. The zero-order valence-corrected chi connectivity index (χ0v) is 13.5. The Kier molecular flexibility index (Phi) is 10.8. The predicted molar refractivity (Wildman–Crippen MR) is 94.3 cm³/mol. The highest BCUT2D eigenvalue weighted by molar-refractivity contribution is 5.80.